The van der Waals surface area contributed by atoms with Crippen molar-refractivity contribution in [2.45, 2.75) is 38.8 Å². The highest BCUT2D eigenvalue weighted by Gasteiger charge is 2.21. The van der Waals surface area contributed by atoms with Gasteiger partial charge in [0.25, 0.3) is 0 Å². The summed E-state index contributed by atoms with van der Waals surface area (Å²) in [6, 6.07) is 0. The molecule has 1 aliphatic rings. The molecule has 3 N–H and O–H groups in total. The molecule has 0 saturated heterocycles. The van der Waals surface area contributed by atoms with Crippen molar-refractivity contribution in [3.63, 3.8) is 0 Å². The molecular formula is C11H19N3O. The Morgan fingerprint density at radius 3 is 3.07 bits per heavy atom. The van der Waals surface area contributed by atoms with Crippen molar-refractivity contribution in [3.05, 3.63) is 17.7 Å². The van der Waals surface area contributed by atoms with Crippen LogP contribution in [0.3, 0.4) is 0 Å². The molecule has 0 amide bonds. The van der Waals surface area contributed by atoms with Gasteiger partial charge in [0, 0.05) is 18.4 Å². The van der Waals surface area contributed by atoms with E-state index in [4.69, 9.17) is 0 Å². The molecule has 15 heavy (non-hydrogen) atoms. The van der Waals surface area contributed by atoms with Crippen LogP contribution in [0, 0.1) is 12.8 Å². The maximum Gasteiger partial charge on any atom is 0.103 e. The van der Waals surface area contributed by atoms with Crippen molar-refractivity contribution in [1.29, 1.82) is 0 Å². The summed E-state index contributed by atoms with van der Waals surface area (Å²) in [5.74, 6) is 1.60. The second-order valence-corrected chi connectivity index (χ2v) is 4.46. The van der Waals surface area contributed by atoms with Crippen LogP contribution in [0.2, 0.25) is 0 Å². The Balaban J connectivity index is 1.67. The highest BCUT2D eigenvalue weighted by atomic mass is 16.3. The number of hydrogen-bond acceptors (Lipinski definition) is 3. The van der Waals surface area contributed by atoms with Crippen LogP contribution in [0.5, 0.6) is 0 Å². The van der Waals surface area contributed by atoms with Crippen LogP contribution in [0.4, 0.5) is 0 Å². The Labute approximate surface area is 90.1 Å². The van der Waals surface area contributed by atoms with Crippen LogP contribution in [0.25, 0.3) is 0 Å². The zero-order valence-corrected chi connectivity index (χ0v) is 9.16. The maximum atomic E-state index is 9.38. The summed E-state index contributed by atoms with van der Waals surface area (Å²) in [7, 11) is 0. The molecule has 2 rings (SSSR count). The number of aromatic nitrogens is 2. The zero-order chi connectivity index (χ0) is 10.7. The average molecular weight is 209 g/mol. The van der Waals surface area contributed by atoms with Crippen molar-refractivity contribution in [2.24, 2.45) is 5.92 Å². The van der Waals surface area contributed by atoms with Crippen molar-refractivity contribution >= 4 is 0 Å². The average Bonchev–Trinajstić information content (AvgIpc) is 2.76. The van der Waals surface area contributed by atoms with Gasteiger partial charge in [-0.15, -0.1) is 0 Å². The van der Waals surface area contributed by atoms with Crippen molar-refractivity contribution < 1.29 is 5.11 Å². The minimum Gasteiger partial charge on any atom is -0.393 e. The van der Waals surface area contributed by atoms with Crippen LogP contribution in [-0.2, 0) is 6.54 Å². The molecule has 1 aliphatic carbocycles. The van der Waals surface area contributed by atoms with Crippen LogP contribution >= 0.6 is 0 Å². The summed E-state index contributed by atoms with van der Waals surface area (Å²) >= 11 is 0. The molecule has 0 aliphatic heterocycles. The highest BCUT2D eigenvalue weighted by Crippen LogP contribution is 2.24. The minimum absolute atomic E-state index is 0.0637. The molecule has 0 bridgehead atoms. The van der Waals surface area contributed by atoms with Gasteiger partial charge in [-0.3, -0.25) is 0 Å². The molecule has 4 nitrogen and oxygen atoms in total. The first-order chi connectivity index (χ1) is 7.24. The van der Waals surface area contributed by atoms with Gasteiger partial charge in [0.1, 0.15) is 5.82 Å². The summed E-state index contributed by atoms with van der Waals surface area (Å²) in [4.78, 5) is 7.33. The fraction of sp³-hybridized carbons (Fsp3) is 0.727. The van der Waals surface area contributed by atoms with Gasteiger partial charge in [0.15, 0.2) is 0 Å². The number of nitrogens with zero attached hydrogens (tertiary/aromatic N) is 1. The number of hydrogen-bond donors (Lipinski definition) is 3. The van der Waals surface area contributed by atoms with Gasteiger partial charge >= 0.3 is 0 Å². The van der Waals surface area contributed by atoms with Gasteiger partial charge in [-0.2, -0.15) is 0 Å². The van der Waals surface area contributed by atoms with Gasteiger partial charge in [-0.1, -0.05) is 0 Å². The topological polar surface area (TPSA) is 60.9 Å². The zero-order valence-electron chi connectivity index (χ0n) is 9.16. The van der Waals surface area contributed by atoms with Crippen molar-refractivity contribution in [1.82, 2.24) is 15.3 Å². The van der Waals surface area contributed by atoms with Crippen LogP contribution in [-0.4, -0.2) is 27.7 Å². The predicted octanol–water partition coefficient (Wildman–Crippen LogP) is 0.969. The lowest BCUT2D eigenvalue weighted by Gasteiger charge is -2.09. The SMILES string of the molecule is Cc1ncc(CNCC2CCC(O)C2)[nH]1. The lowest BCUT2D eigenvalue weighted by molar-refractivity contribution is 0.177. The monoisotopic (exact) mass is 209 g/mol. The number of aryl methyl sites for hydroxylation is 1. The third kappa shape index (κ3) is 3.04. The first kappa shape index (κ1) is 10.6. The molecule has 1 aromatic heterocycles. The van der Waals surface area contributed by atoms with E-state index in [0.717, 1.165) is 43.9 Å². The van der Waals surface area contributed by atoms with Gasteiger partial charge in [0.2, 0.25) is 0 Å². The number of nitrogens with one attached hydrogen (secondary N) is 2. The van der Waals surface area contributed by atoms with Gasteiger partial charge < -0.3 is 15.4 Å². The first-order valence-corrected chi connectivity index (χ1v) is 5.63. The van der Waals surface area contributed by atoms with Gasteiger partial charge in [-0.05, 0) is 38.6 Å². The van der Waals surface area contributed by atoms with Gasteiger partial charge in [0.05, 0.1) is 6.10 Å². The standard InChI is InChI=1S/C11H19N3O/c1-8-13-7-10(14-8)6-12-5-9-2-3-11(15)4-9/h7,9,11-12,15H,2-6H2,1H3,(H,13,14). The molecule has 0 spiro atoms. The largest absolute Gasteiger partial charge is 0.393 e. The fourth-order valence-electron chi connectivity index (χ4n) is 2.21. The number of aliphatic hydroxyl groups excluding tert-OH is 1. The van der Waals surface area contributed by atoms with Crippen LogP contribution in [0.15, 0.2) is 6.20 Å². The molecule has 84 valence electrons. The minimum atomic E-state index is -0.0637. The summed E-state index contributed by atoms with van der Waals surface area (Å²) in [6.45, 7) is 3.79. The molecule has 4 heteroatoms. The summed E-state index contributed by atoms with van der Waals surface area (Å²) in [5.41, 5.74) is 1.13. The van der Waals surface area contributed by atoms with E-state index < -0.39 is 0 Å². The molecule has 2 atom stereocenters. The molecule has 1 heterocycles. The Hall–Kier alpha value is -0.870. The number of rotatable bonds is 4. The molecule has 1 fully saturated rings. The van der Waals surface area contributed by atoms with Gasteiger partial charge in [-0.25, -0.2) is 4.98 Å². The van der Waals surface area contributed by atoms with Crippen molar-refractivity contribution in [3.8, 4) is 0 Å². The smallest absolute Gasteiger partial charge is 0.103 e. The number of aromatic amines is 1. The Morgan fingerprint density at radius 2 is 2.47 bits per heavy atom. The number of H-pyrrole nitrogens is 1. The third-order valence-corrected chi connectivity index (χ3v) is 3.02. The highest BCUT2D eigenvalue weighted by molar-refractivity contribution is 4.99. The normalized spacial score (nSPS) is 26.0. The van der Waals surface area contributed by atoms with E-state index in [1.54, 1.807) is 0 Å². The Kier molecular flexibility index (Phi) is 3.38. The van der Waals surface area contributed by atoms with E-state index in [-0.39, 0.29) is 6.10 Å². The first-order valence-electron chi connectivity index (χ1n) is 5.63. The quantitative estimate of drug-likeness (QED) is 0.692. The van der Waals surface area contributed by atoms with Crippen LogP contribution < -0.4 is 5.32 Å². The summed E-state index contributed by atoms with van der Waals surface area (Å²) < 4.78 is 0. The fourth-order valence-corrected chi connectivity index (χ4v) is 2.21. The maximum absolute atomic E-state index is 9.38. The molecule has 2 unspecified atom stereocenters. The van der Waals surface area contributed by atoms with Crippen molar-refractivity contribution in [2.75, 3.05) is 6.54 Å². The molecule has 0 radical (unpaired) electrons. The van der Waals surface area contributed by atoms with Crippen LogP contribution in [0.1, 0.15) is 30.8 Å². The summed E-state index contributed by atoms with van der Waals surface area (Å²) in [5, 5.41) is 12.8. The number of imidazole rings is 1. The molecular weight excluding hydrogens is 190 g/mol. The summed E-state index contributed by atoms with van der Waals surface area (Å²) in [6.07, 6.45) is 4.87. The molecule has 1 aromatic rings. The van der Waals surface area contributed by atoms with E-state index in [9.17, 15) is 5.11 Å². The molecule has 0 aromatic carbocycles. The third-order valence-electron chi connectivity index (χ3n) is 3.02. The second kappa shape index (κ2) is 4.77. The number of aliphatic hydroxyl groups is 1. The molecule has 1 saturated carbocycles. The predicted molar refractivity (Wildman–Crippen MR) is 58.4 cm³/mol. The lowest BCUT2D eigenvalue weighted by Crippen LogP contribution is -2.21. The Bertz CT molecular complexity index is 311. The second-order valence-electron chi connectivity index (χ2n) is 4.46. The lowest BCUT2D eigenvalue weighted by atomic mass is 10.1. The van der Waals surface area contributed by atoms with E-state index in [2.05, 4.69) is 15.3 Å². The van der Waals surface area contributed by atoms with E-state index in [1.165, 1.54) is 0 Å². The van der Waals surface area contributed by atoms with E-state index in [1.807, 2.05) is 13.1 Å². The van der Waals surface area contributed by atoms with E-state index in [0.29, 0.717) is 5.92 Å². The Morgan fingerprint density at radius 1 is 1.60 bits per heavy atom. The van der Waals surface area contributed by atoms with E-state index >= 15 is 0 Å².